The molecular formula is C12H10BrF2N3. The van der Waals surface area contributed by atoms with Crippen molar-refractivity contribution in [3.8, 4) is 11.4 Å². The molecule has 0 radical (unpaired) electrons. The van der Waals surface area contributed by atoms with Gasteiger partial charge in [-0.2, -0.15) is 0 Å². The Labute approximate surface area is 111 Å². The molecule has 1 aromatic heterocycles. The first-order valence-electron chi connectivity index (χ1n) is 5.23. The van der Waals surface area contributed by atoms with Gasteiger partial charge >= 0.3 is 0 Å². The molecule has 0 saturated heterocycles. The quantitative estimate of drug-likeness (QED) is 0.885. The number of halogens is 3. The first-order chi connectivity index (χ1) is 8.63. The van der Waals surface area contributed by atoms with Crippen LogP contribution in [0.5, 0.6) is 0 Å². The third-order valence-electron chi connectivity index (χ3n) is 2.36. The van der Waals surface area contributed by atoms with Crippen molar-refractivity contribution < 1.29 is 8.78 Å². The molecule has 0 aliphatic carbocycles. The fourth-order valence-corrected chi connectivity index (χ4v) is 1.99. The number of hydrogen-bond acceptors (Lipinski definition) is 3. The van der Waals surface area contributed by atoms with Gasteiger partial charge < -0.3 is 5.32 Å². The molecule has 1 aromatic carbocycles. The molecule has 0 aliphatic heterocycles. The summed E-state index contributed by atoms with van der Waals surface area (Å²) in [5.41, 5.74) is 1.34. The highest BCUT2D eigenvalue weighted by Crippen LogP contribution is 2.29. The summed E-state index contributed by atoms with van der Waals surface area (Å²) in [7, 11) is 1.82. The summed E-state index contributed by atoms with van der Waals surface area (Å²) in [4.78, 5) is 8.26. The lowest BCUT2D eigenvalue weighted by Gasteiger charge is -2.05. The molecule has 0 saturated carbocycles. The molecule has 0 unspecified atom stereocenters. The Morgan fingerprint density at radius 1 is 1.22 bits per heavy atom. The van der Waals surface area contributed by atoms with Gasteiger partial charge in [0.1, 0.15) is 0 Å². The largest absolute Gasteiger partial charge is 0.316 e. The van der Waals surface area contributed by atoms with Gasteiger partial charge in [-0.15, -0.1) is 0 Å². The summed E-state index contributed by atoms with van der Waals surface area (Å²) >= 11 is 3.01. The predicted molar refractivity (Wildman–Crippen MR) is 67.8 cm³/mol. The normalized spacial score (nSPS) is 10.7. The Morgan fingerprint density at radius 2 is 1.89 bits per heavy atom. The number of nitrogens with one attached hydrogen (secondary N) is 1. The first-order valence-corrected chi connectivity index (χ1v) is 6.02. The molecule has 0 amide bonds. The van der Waals surface area contributed by atoms with E-state index in [-0.39, 0.29) is 4.47 Å². The van der Waals surface area contributed by atoms with Crippen LogP contribution in [0.1, 0.15) is 5.56 Å². The second kappa shape index (κ2) is 5.49. The summed E-state index contributed by atoms with van der Waals surface area (Å²) in [6.45, 7) is 0.652. The standard InChI is InChI=1S/C12H10BrF2N3/c1-16-4-7-5-17-12(18-6-7)8-2-3-9(14)11(15)10(8)13/h2-3,5-6,16H,4H2,1H3. The van der Waals surface area contributed by atoms with E-state index in [1.165, 1.54) is 6.07 Å². The number of hydrogen-bond donors (Lipinski definition) is 1. The van der Waals surface area contributed by atoms with Gasteiger partial charge in [-0.3, -0.25) is 0 Å². The minimum atomic E-state index is -0.935. The van der Waals surface area contributed by atoms with Crippen molar-refractivity contribution in [1.82, 2.24) is 15.3 Å². The summed E-state index contributed by atoms with van der Waals surface area (Å²) in [5.74, 6) is -1.49. The molecule has 0 spiro atoms. The first kappa shape index (κ1) is 13.0. The molecule has 2 rings (SSSR count). The second-order valence-electron chi connectivity index (χ2n) is 3.67. The minimum Gasteiger partial charge on any atom is -0.316 e. The number of benzene rings is 1. The molecule has 0 bridgehead atoms. The Kier molecular flexibility index (Phi) is 3.98. The lowest BCUT2D eigenvalue weighted by Crippen LogP contribution is -2.06. The van der Waals surface area contributed by atoms with E-state index in [1.54, 1.807) is 12.4 Å². The third kappa shape index (κ3) is 2.54. The van der Waals surface area contributed by atoms with Crippen molar-refractivity contribution in [3.05, 3.63) is 46.2 Å². The molecule has 18 heavy (non-hydrogen) atoms. The van der Waals surface area contributed by atoms with Gasteiger partial charge in [0.15, 0.2) is 17.5 Å². The zero-order valence-electron chi connectivity index (χ0n) is 9.54. The number of nitrogens with zero attached hydrogens (tertiary/aromatic N) is 2. The Morgan fingerprint density at radius 3 is 2.50 bits per heavy atom. The van der Waals surface area contributed by atoms with Crippen LogP contribution in [0.15, 0.2) is 29.0 Å². The fourth-order valence-electron chi connectivity index (χ4n) is 1.49. The predicted octanol–water partition coefficient (Wildman–Crippen LogP) is 2.90. The molecule has 6 heteroatoms. The third-order valence-corrected chi connectivity index (χ3v) is 3.14. The maximum atomic E-state index is 13.4. The van der Waals surface area contributed by atoms with E-state index in [4.69, 9.17) is 0 Å². The van der Waals surface area contributed by atoms with Gasteiger partial charge in [-0.1, -0.05) is 0 Å². The molecule has 1 heterocycles. The molecule has 0 aliphatic rings. The van der Waals surface area contributed by atoms with Crippen LogP contribution in [0.2, 0.25) is 0 Å². The Hall–Kier alpha value is -1.40. The second-order valence-corrected chi connectivity index (χ2v) is 4.46. The van der Waals surface area contributed by atoms with Gasteiger partial charge in [-0.05, 0) is 35.1 Å². The molecule has 2 aromatic rings. The molecule has 1 N–H and O–H groups in total. The Balaban J connectivity index is 2.40. The number of rotatable bonds is 3. The van der Waals surface area contributed by atoms with E-state index in [2.05, 4.69) is 31.2 Å². The zero-order valence-corrected chi connectivity index (χ0v) is 11.1. The van der Waals surface area contributed by atoms with Crippen molar-refractivity contribution in [2.75, 3.05) is 7.05 Å². The van der Waals surface area contributed by atoms with Crippen LogP contribution >= 0.6 is 15.9 Å². The van der Waals surface area contributed by atoms with E-state index in [0.29, 0.717) is 17.9 Å². The van der Waals surface area contributed by atoms with Crippen molar-refractivity contribution in [1.29, 1.82) is 0 Å². The lowest BCUT2D eigenvalue weighted by molar-refractivity contribution is 0.504. The summed E-state index contributed by atoms with van der Waals surface area (Å²) in [6.07, 6.45) is 3.29. The SMILES string of the molecule is CNCc1cnc(-c2ccc(F)c(F)c2Br)nc1. The monoisotopic (exact) mass is 313 g/mol. The topological polar surface area (TPSA) is 37.8 Å². The van der Waals surface area contributed by atoms with Crippen LogP contribution in [0.25, 0.3) is 11.4 Å². The average molecular weight is 314 g/mol. The van der Waals surface area contributed by atoms with Crippen LogP contribution in [0, 0.1) is 11.6 Å². The summed E-state index contributed by atoms with van der Waals surface area (Å²) < 4.78 is 26.4. The van der Waals surface area contributed by atoms with Crippen molar-refractivity contribution in [2.45, 2.75) is 6.54 Å². The molecule has 0 atom stereocenters. The smallest absolute Gasteiger partial charge is 0.173 e. The van der Waals surface area contributed by atoms with Crippen molar-refractivity contribution in [3.63, 3.8) is 0 Å². The van der Waals surface area contributed by atoms with Gasteiger partial charge in [-0.25, -0.2) is 18.7 Å². The zero-order chi connectivity index (χ0) is 13.1. The maximum Gasteiger partial charge on any atom is 0.173 e. The van der Waals surface area contributed by atoms with E-state index in [1.807, 2.05) is 7.05 Å². The van der Waals surface area contributed by atoms with E-state index < -0.39 is 11.6 Å². The highest BCUT2D eigenvalue weighted by atomic mass is 79.9. The van der Waals surface area contributed by atoms with Gasteiger partial charge in [0.05, 0.1) is 4.47 Å². The highest BCUT2D eigenvalue weighted by Gasteiger charge is 2.14. The van der Waals surface area contributed by atoms with E-state index >= 15 is 0 Å². The fraction of sp³-hybridized carbons (Fsp3) is 0.167. The van der Waals surface area contributed by atoms with Crippen LogP contribution < -0.4 is 5.32 Å². The average Bonchev–Trinajstić information content (AvgIpc) is 2.38. The van der Waals surface area contributed by atoms with Gasteiger partial charge in [0.2, 0.25) is 0 Å². The summed E-state index contributed by atoms with van der Waals surface area (Å²) in [5, 5.41) is 2.97. The van der Waals surface area contributed by atoms with Crippen LogP contribution in [0.3, 0.4) is 0 Å². The molecule has 94 valence electrons. The maximum absolute atomic E-state index is 13.4. The lowest BCUT2D eigenvalue weighted by atomic mass is 10.2. The van der Waals surface area contributed by atoms with Gasteiger partial charge in [0.25, 0.3) is 0 Å². The van der Waals surface area contributed by atoms with Crippen molar-refractivity contribution >= 4 is 15.9 Å². The van der Waals surface area contributed by atoms with Crippen molar-refractivity contribution in [2.24, 2.45) is 0 Å². The highest BCUT2D eigenvalue weighted by molar-refractivity contribution is 9.10. The van der Waals surface area contributed by atoms with Crippen LogP contribution in [-0.2, 0) is 6.54 Å². The Bertz CT molecular complexity index is 558. The minimum absolute atomic E-state index is 0.0314. The molecule has 0 fully saturated rings. The van der Waals surface area contributed by atoms with Crippen LogP contribution in [-0.4, -0.2) is 17.0 Å². The van der Waals surface area contributed by atoms with Crippen LogP contribution in [0.4, 0.5) is 8.78 Å². The van der Waals surface area contributed by atoms with E-state index in [0.717, 1.165) is 11.6 Å². The van der Waals surface area contributed by atoms with E-state index in [9.17, 15) is 8.78 Å². The molecular weight excluding hydrogens is 304 g/mol. The van der Waals surface area contributed by atoms with Gasteiger partial charge in [0, 0.05) is 30.1 Å². The number of aromatic nitrogens is 2. The molecule has 3 nitrogen and oxygen atoms in total. The summed E-state index contributed by atoms with van der Waals surface area (Å²) in [6, 6.07) is 2.50.